The molecule has 1 amide bonds. The minimum atomic E-state index is -0.0269. The molecule has 3 heterocycles. The van der Waals surface area contributed by atoms with Crippen LogP contribution in [0.15, 0.2) is 12.4 Å². The lowest BCUT2D eigenvalue weighted by Gasteiger charge is -2.43. The van der Waals surface area contributed by atoms with E-state index in [1.54, 1.807) is 0 Å². The van der Waals surface area contributed by atoms with Gasteiger partial charge in [0.1, 0.15) is 0 Å². The second kappa shape index (κ2) is 9.69. The number of aryl methyl sites for hydroxylation is 1. The predicted molar refractivity (Wildman–Crippen MR) is 106 cm³/mol. The summed E-state index contributed by atoms with van der Waals surface area (Å²) in [5, 5.41) is 4.36. The van der Waals surface area contributed by atoms with Crippen LogP contribution in [-0.4, -0.2) is 64.4 Å². The van der Waals surface area contributed by atoms with E-state index in [-0.39, 0.29) is 18.1 Å². The summed E-state index contributed by atoms with van der Waals surface area (Å²) in [6.07, 6.45) is 10.5. The molecule has 0 aliphatic carbocycles. The van der Waals surface area contributed by atoms with Gasteiger partial charge in [-0.25, -0.2) is 0 Å². The molecule has 0 unspecified atom stereocenters. The smallest absolute Gasteiger partial charge is 0.223 e. The second-order valence-corrected chi connectivity index (χ2v) is 8.54. The number of likely N-dealkylation sites (tertiary alicyclic amines) is 1. The molecule has 152 valence electrons. The van der Waals surface area contributed by atoms with Gasteiger partial charge in [0.2, 0.25) is 5.91 Å². The minimum absolute atomic E-state index is 0.0232. The van der Waals surface area contributed by atoms with Crippen LogP contribution in [0.1, 0.15) is 64.0 Å². The van der Waals surface area contributed by atoms with Crippen LogP contribution < -0.4 is 0 Å². The van der Waals surface area contributed by atoms with Gasteiger partial charge >= 0.3 is 0 Å². The molecular weight excluding hydrogens is 340 g/mol. The summed E-state index contributed by atoms with van der Waals surface area (Å²) >= 11 is 0. The summed E-state index contributed by atoms with van der Waals surface area (Å²) in [7, 11) is 1.93. The van der Waals surface area contributed by atoms with Crippen LogP contribution in [0.5, 0.6) is 0 Å². The average molecular weight is 377 g/mol. The van der Waals surface area contributed by atoms with E-state index in [1.165, 1.54) is 19.3 Å². The van der Waals surface area contributed by atoms with E-state index >= 15 is 0 Å². The Labute approximate surface area is 163 Å². The Morgan fingerprint density at radius 2 is 2.04 bits per heavy atom. The first-order valence-corrected chi connectivity index (χ1v) is 10.7. The monoisotopic (exact) mass is 376 g/mol. The molecule has 2 atom stereocenters. The van der Waals surface area contributed by atoms with E-state index in [0.717, 1.165) is 38.0 Å². The number of aromatic nitrogens is 2. The number of rotatable bonds is 7. The number of carbonyl (C=O) groups excluding carboxylic acids is 1. The number of hydrogen-bond acceptors (Lipinski definition) is 4. The van der Waals surface area contributed by atoms with Crippen molar-refractivity contribution in [3.05, 3.63) is 18.0 Å². The van der Waals surface area contributed by atoms with Crippen molar-refractivity contribution in [1.29, 1.82) is 0 Å². The third-order valence-electron chi connectivity index (χ3n) is 5.80. The van der Waals surface area contributed by atoms with E-state index < -0.39 is 0 Å². The predicted octanol–water partition coefficient (Wildman–Crippen LogP) is 3.00. The van der Waals surface area contributed by atoms with Gasteiger partial charge in [-0.3, -0.25) is 9.48 Å². The Morgan fingerprint density at radius 3 is 2.70 bits per heavy atom. The van der Waals surface area contributed by atoms with Crippen LogP contribution >= 0.6 is 0 Å². The summed E-state index contributed by atoms with van der Waals surface area (Å²) in [5.74, 6) is 0.903. The maximum atomic E-state index is 13.0. The van der Waals surface area contributed by atoms with E-state index in [4.69, 9.17) is 4.74 Å². The fourth-order valence-electron chi connectivity index (χ4n) is 4.35. The van der Waals surface area contributed by atoms with Crippen molar-refractivity contribution in [2.45, 2.75) is 64.5 Å². The molecule has 3 rings (SSSR count). The van der Waals surface area contributed by atoms with Crippen LogP contribution in [0.4, 0.5) is 0 Å². The molecule has 0 radical (unpaired) electrons. The van der Waals surface area contributed by atoms with Crippen molar-refractivity contribution in [2.24, 2.45) is 13.0 Å². The zero-order valence-electron chi connectivity index (χ0n) is 17.3. The molecule has 0 aromatic carbocycles. The lowest BCUT2D eigenvalue weighted by molar-refractivity contribution is -0.148. The summed E-state index contributed by atoms with van der Waals surface area (Å²) < 4.78 is 8.03. The standard InChI is InChI=1S/C21H36N4O2/c1-17(2)8-7-9-20(26)25-12-13-27-19(16-24-10-5-4-6-11-24)21(25)18-14-22-23(3)15-18/h14-15,17,19,21H,4-13,16H2,1-3H3/t19-,21-/m0/s1. The maximum Gasteiger partial charge on any atom is 0.223 e. The summed E-state index contributed by atoms with van der Waals surface area (Å²) in [6.45, 7) is 8.92. The number of amides is 1. The van der Waals surface area contributed by atoms with Gasteiger partial charge in [0, 0.05) is 38.3 Å². The average Bonchev–Trinajstić information content (AvgIpc) is 3.08. The van der Waals surface area contributed by atoms with E-state index in [2.05, 4.69) is 28.7 Å². The van der Waals surface area contributed by atoms with Gasteiger partial charge in [0.25, 0.3) is 0 Å². The summed E-state index contributed by atoms with van der Waals surface area (Å²) in [4.78, 5) is 17.6. The van der Waals surface area contributed by atoms with Crippen molar-refractivity contribution in [3.63, 3.8) is 0 Å². The Kier molecular flexibility index (Phi) is 7.30. The molecule has 6 heteroatoms. The summed E-state index contributed by atoms with van der Waals surface area (Å²) in [6, 6.07) is -0.0269. The van der Waals surface area contributed by atoms with Gasteiger partial charge in [-0.05, 0) is 38.3 Å². The number of morpholine rings is 1. The van der Waals surface area contributed by atoms with Crippen molar-refractivity contribution >= 4 is 5.91 Å². The Balaban J connectivity index is 1.72. The molecule has 2 fully saturated rings. The molecule has 0 spiro atoms. The molecule has 6 nitrogen and oxygen atoms in total. The molecule has 0 N–H and O–H groups in total. The largest absolute Gasteiger partial charge is 0.373 e. The van der Waals surface area contributed by atoms with Gasteiger partial charge in [-0.1, -0.05) is 26.7 Å². The fraction of sp³-hybridized carbons (Fsp3) is 0.810. The number of hydrogen-bond donors (Lipinski definition) is 0. The second-order valence-electron chi connectivity index (χ2n) is 8.54. The first kappa shape index (κ1) is 20.3. The highest BCUT2D eigenvalue weighted by molar-refractivity contribution is 5.77. The molecule has 27 heavy (non-hydrogen) atoms. The molecule has 1 aromatic rings. The molecule has 2 aliphatic heterocycles. The molecule has 2 saturated heterocycles. The van der Waals surface area contributed by atoms with Crippen LogP contribution in [0, 0.1) is 5.92 Å². The molecule has 0 saturated carbocycles. The lowest BCUT2D eigenvalue weighted by Crippen LogP contribution is -2.52. The highest BCUT2D eigenvalue weighted by Gasteiger charge is 2.37. The Morgan fingerprint density at radius 1 is 1.26 bits per heavy atom. The van der Waals surface area contributed by atoms with E-state index in [1.807, 2.05) is 24.1 Å². The fourth-order valence-corrected chi connectivity index (χ4v) is 4.35. The molecule has 1 aromatic heterocycles. The first-order chi connectivity index (χ1) is 13.0. The molecule has 2 aliphatic rings. The molecule has 0 bridgehead atoms. The van der Waals surface area contributed by atoms with Crippen LogP contribution in [0.2, 0.25) is 0 Å². The van der Waals surface area contributed by atoms with E-state index in [9.17, 15) is 4.79 Å². The first-order valence-electron chi connectivity index (χ1n) is 10.7. The van der Waals surface area contributed by atoms with Crippen molar-refractivity contribution in [2.75, 3.05) is 32.8 Å². The molecular formula is C21H36N4O2. The highest BCUT2D eigenvalue weighted by atomic mass is 16.5. The number of nitrogens with zero attached hydrogens (tertiary/aromatic N) is 4. The number of carbonyl (C=O) groups is 1. The van der Waals surface area contributed by atoms with Gasteiger partial charge in [0.15, 0.2) is 0 Å². The third kappa shape index (κ3) is 5.55. The number of piperidine rings is 1. The van der Waals surface area contributed by atoms with Crippen LogP contribution in [0.3, 0.4) is 0 Å². The Hall–Kier alpha value is -1.40. The van der Waals surface area contributed by atoms with Crippen molar-refractivity contribution in [1.82, 2.24) is 19.6 Å². The number of ether oxygens (including phenoxy) is 1. The SMILES string of the molecule is CC(C)CCCC(=O)N1CCO[C@@H](CN2CCCCC2)[C@@H]1c1cnn(C)c1. The lowest BCUT2D eigenvalue weighted by atomic mass is 9.98. The van der Waals surface area contributed by atoms with Crippen LogP contribution in [0.25, 0.3) is 0 Å². The Bertz CT molecular complexity index is 595. The van der Waals surface area contributed by atoms with Gasteiger partial charge in [0.05, 0.1) is 24.9 Å². The van der Waals surface area contributed by atoms with Crippen molar-refractivity contribution < 1.29 is 9.53 Å². The van der Waals surface area contributed by atoms with Gasteiger partial charge < -0.3 is 14.5 Å². The van der Waals surface area contributed by atoms with Crippen molar-refractivity contribution in [3.8, 4) is 0 Å². The van der Waals surface area contributed by atoms with E-state index in [0.29, 0.717) is 25.5 Å². The quantitative estimate of drug-likeness (QED) is 0.734. The minimum Gasteiger partial charge on any atom is -0.373 e. The third-order valence-corrected chi connectivity index (χ3v) is 5.80. The zero-order valence-corrected chi connectivity index (χ0v) is 17.3. The summed E-state index contributed by atoms with van der Waals surface area (Å²) in [5.41, 5.74) is 1.09. The highest BCUT2D eigenvalue weighted by Crippen LogP contribution is 2.31. The van der Waals surface area contributed by atoms with Crippen LogP contribution in [-0.2, 0) is 16.6 Å². The van der Waals surface area contributed by atoms with Gasteiger partial charge in [-0.15, -0.1) is 0 Å². The van der Waals surface area contributed by atoms with Gasteiger partial charge in [-0.2, -0.15) is 5.10 Å². The maximum absolute atomic E-state index is 13.0. The zero-order chi connectivity index (χ0) is 19.2. The topological polar surface area (TPSA) is 50.6 Å². The normalized spacial score (nSPS) is 24.5.